The predicted molar refractivity (Wildman–Crippen MR) is 37.8 cm³/mol. The van der Waals surface area contributed by atoms with Crippen LogP contribution < -0.4 is 0 Å². The lowest BCUT2D eigenvalue weighted by Crippen LogP contribution is -2.18. The van der Waals surface area contributed by atoms with Gasteiger partial charge in [0.05, 0.1) is 6.26 Å². The largest absolute Gasteiger partial charge is 0.543 e. The van der Waals surface area contributed by atoms with Gasteiger partial charge in [0.1, 0.15) is 0 Å². The van der Waals surface area contributed by atoms with Gasteiger partial charge in [0.2, 0.25) is 0 Å². The first-order valence-corrected chi connectivity index (χ1v) is 4.88. The van der Waals surface area contributed by atoms with E-state index in [0.29, 0.717) is 6.26 Å². The molecule has 0 unspecified atom stereocenters. The second kappa shape index (κ2) is 5.07. The van der Waals surface area contributed by atoms with Crippen LogP contribution >= 0.6 is 7.82 Å². The molecule has 0 aliphatic carbocycles. The number of hydrogen-bond acceptors (Lipinski definition) is 4. The molecule has 0 atom stereocenters. The second-order valence-corrected chi connectivity index (χ2v) is 3.57. The van der Waals surface area contributed by atoms with Gasteiger partial charge in [0.25, 0.3) is 0 Å². The minimum absolute atomic E-state index is 0.318. The molecule has 0 saturated carbocycles. The fourth-order valence-electron chi connectivity index (χ4n) is 0.451. The third-order valence-electron chi connectivity index (χ3n) is 0.757. The van der Waals surface area contributed by atoms with Crippen LogP contribution in [0.2, 0.25) is 0 Å². The molecule has 0 heterocycles. The molecule has 0 fully saturated rings. The molecule has 0 aromatic carbocycles. The van der Waals surface area contributed by atoms with E-state index in [2.05, 4.69) is 13.6 Å². The Labute approximate surface area is 85.4 Å². The molecule has 0 rings (SSSR count). The second-order valence-electron chi connectivity index (χ2n) is 2.10. The van der Waals surface area contributed by atoms with Crippen LogP contribution in [0.5, 0.6) is 0 Å². The summed E-state index contributed by atoms with van der Waals surface area (Å²) in [7, 11) is -5.82. The van der Waals surface area contributed by atoms with Gasteiger partial charge in [-0.05, 0) is 6.92 Å². The quantitative estimate of drug-likeness (QED) is 0.445. The summed E-state index contributed by atoms with van der Waals surface area (Å²) in [5.74, 6) is 0. The molecule has 16 heavy (non-hydrogen) atoms. The SMILES string of the molecule is CC=COP(=O)(OC(F)(F)F)OC(F)(F)F. The van der Waals surface area contributed by atoms with Crippen molar-refractivity contribution in [1.29, 1.82) is 0 Å². The van der Waals surface area contributed by atoms with Crippen molar-refractivity contribution in [2.75, 3.05) is 0 Å². The zero-order valence-corrected chi connectivity index (χ0v) is 8.40. The Morgan fingerprint density at radius 3 is 1.62 bits per heavy atom. The van der Waals surface area contributed by atoms with Crippen molar-refractivity contribution in [3.05, 3.63) is 12.3 Å². The lowest BCUT2D eigenvalue weighted by atomic mass is 10.8. The summed E-state index contributed by atoms with van der Waals surface area (Å²) < 4.78 is 89.4. The Morgan fingerprint density at radius 1 is 1.00 bits per heavy atom. The Balaban J connectivity index is 4.83. The monoisotopic (exact) mass is 274 g/mol. The van der Waals surface area contributed by atoms with E-state index in [1.807, 2.05) is 0 Å². The zero-order valence-electron chi connectivity index (χ0n) is 7.50. The lowest BCUT2D eigenvalue weighted by molar-refractivity contribution is -0.314. The molecule has 96 valence electrons. The maximum atomic E-state index is 11.6. The van der Waals surface area contributed by atoms with E-state index >= 15 is 0 Å². The van der Waals surface area contributed by atoms with Crippen molar-refractivity contribution in [3.63, 3.8) is 0 Å². The van der Waals surface area contributed by atoms with E-state index in [1.165, 1.54) is 6.92 Å². The molecule has 0 N–H and O–H groups in total. The Hall–Kier alpha value is -0.730. The van der Waals surface area contributed by atoms with Crippen LogP contribution in [0.25, 0.3) is 0 Å². The number of phosphoric ester groups is 1. The number of halogens is 6. The van der Waals surface area contributed by atoms with Crippen molar-refractivity contribution in [3.8, 4) is 0 Å². The summed E-state index contributed by atoms with van der Waals surface area (Å²) >= 11 is 0. The normalized spacial score (nSPS) is 14.4. The number of phosphoric acid groups is 1. The van der Waals surface area contributed by atoms with Crippen LogP contribution in [0.4, 0.5) is 26.3 Å². The third-order valence-corrected chi connectivity index (χ3v) is 2.00. The van der Waals surface area contributed by atoms with Crippen LogP contribution in [-0.4, -0.2) is 12.7 Å². The number of alkyl halides is 6. The molecule has 0 aromatic rings. The van der Waals surface area contributed by atoms with Gasteiger partial charge in [-0.3, -0.25) is 0 Å². The molecule has 0 amide bonds. The number of hydrogen-bond donors (Lipinski definition) is 0. The van der Waals surface area contributed by atoms with Crippen LogP contribution in [0, 0.1) is 0 Å². The fourth-order valence-corrected chi connectivity index (χ4v) is 1.35. The first-order chi connectivity index (χ1) is 6.97. The molecule has 0 spiro atoms. The van der Waals surface area contributed by atoms with E-state index in [1.54, 1.807) is 0 Å². The summed E-state index contributed by atoms with van der Waals surface area (Å²) in [6, 6.07) is 0. The first-order valence-electron chi connectivity index (χ1n) is 3.42. The van der Waals surface area contributed by atoms with E-state index in [4.69, 9.17) is 0 Å². The standard InChI is InChI=1S/C5H5F6O4P/c1-2-3-13-16(12,14-4(6,7)8)15-5(9,10)11/h2-3H,1H3. The lowest BCUT2D eigenvalue weighted by Gasteiger charge is -2.18. The highest BCUT2D eigenvalue weighted by atomic mass is 31.2. The van der Waals surface area contributed by atoms with Gasteiger partial charge in [0, 0.05) is 0 Å². The number of allylic oxidation sites excluding steroid dienone is 1. The van der Waals surface area contributed by atoms with E-state index < -0.39 is 20.5 Å². The molecule has 0 saturated heterocycles. The molecule has 0 aromatic heterocycles. The third kappa shape index (κ3) is 7.55. The van der Waals surface area contributed by atoms with E-state index in [0.717, 1.165) is 6.08 Å². The maximum absolute atomic E-state index is 11.6. The van der Waals surface area contributed by atoms with Crippen molar-refractivity contribution >= 4 is 7.82 Å². The van der Waals surface area contributed by atoms with Crippen LogP contribution in [0.15, 0.2) is 12.3 Å². The molecule has 0 aliphatic heterocycles. The highest BCUT2D eigenvalue weighted by molar-refractivity contribution is 7.48. The van der Waals surface area contributed by atoms with Crippen molar-refractivity contribution in [2.45, 2.75) is 19.6 Å². The zero-order chi connectivity index (χ0) is 13.0. The van der Waals surface area contributed by atoms with Gasteiger partial charge >= 0.3 is 20.5 Å². The van der Waals surface area contributed by atoms with E-state index in [-0.39, 0.29) is 0 Å². The van der Waals surface area contributed by atoms with Crippen LogP contribution in [0.3, 0.4) is 0 Å². The summed E-state index contributed by atoms with van der Waals surface area (Å²) in [5.41, 5.74) is 0. The van der Waals surface area contributed by atoms with Gasteiger partial charge in [0.15, 0.2) is 0 Å². The highest BCUT2D eigenvalue weighted by Gasteiger charge is 2.50. The smallest absolute Gasteiger partial charge is 0.412 e. The van der Waals surface area contributed by atoms with Crippen molar-refractivity contribution in [2.24, 2.45) is 0 Å². The van der Waals surface area contributed by atoms with Crippen LogP contribution in [-0.2, 0) is 18.1 Å². The van der Waals surface area contributed by atoms with Gasteiger partial charge in [-0.2, -0.15) is 9.05 Å². The summed E-state index contributed by atoms with van der Waals surface area (Å²) in [6.45, 7) is 1.20. The first kappa shape index (κ1) is 15.3. The Bertz CT molecular complexity index is 274. The van der Waals surface area contributed by atoms with Crippen LogP contribution in [0.1, 0.15) is 6.92 Å². The molecule has 0 aliphatic rings. The Morgan fingerprint density at radius 2 is 1.38 bits per heavy atom. The molecule has 0 radical (unpaired) electrons. The van der Waals surface area contributed by atoms with Crippen molar-refractivity contribution < 1.29 is 44.5 Å². The molecule has 11 heteroatoms. The topological polar surface area (TPSA) is 44.8 Å². The van der Waals surface area contributed by atoms with Gasteiger partial charge in [-0.25, -0.2) is 4.57 Å². The van der Waals surface area contributed by atoms with E-state index in [9.17, 15) is 30.9 Å². The van der Waals surface area contributed by atoms with Crippen molar-refractivity contribution in [1.82, 2.24) is 0 Å². The summed E-state index contributed by atoms with van der Waals surface area (Å²) in [4.78, 5) is 0. The average Bonchev–Trinajstić information content (AvgIpc) is 1.93. The minimum Gasteiger partial charge on any atom is -0.412 e. The summed E-state index contributed by atoms with van der Waals surface area (Å²) in [6.07, 6.45) is -9.98. The molecule has 4 nitrogen and oxygen atoms in total. The van der Waals surface area contributed by atoms with Gasteiger partial charge < -0.3 is 4.52 Å². The van der Waals surface area contributed by atoms with Gasteiger partial charge in [-0.1, -0.05) is 6.08 Å². The predicted octanol–water partition coefficient (Wildman–Crippen LogP) is 3.72. The summed E-state index contributed by atoms with van der Waals surface area (Å²) in [5, 5.41) is 0. The average molecular weight is 274 g/mol. The van der Waals surface area contributed by atoms with Gasteiger partial charge in [-0.15, -0.1) is 26.3 Å². The fraction of sp³-hybridized carbons (Fsp3) is 0.600. The number of rotatable bonds is 4. The minimum atomic E-state index is -5.82. The molecular weight excluding hydrogens is 269 g/mol. The highest BCUT2D eigenvalue weighted by Crippen LogP contribution is 2.57. The maximum Gasteiger partial charge on any atom is 0.543 e. The molecule has 0 bridgehead atoms. The Kier molecular flexibility index (Phi) is 4.84. The molecular formula is C5H5F6O4P.